The SMILES string of the molecule is C=CCC(NCCC)c1cccs1. The van der Waals surface area contributed by atoms with Crippen molar-refractivity contribution >= 4 is 11.3 Å². The molecule has 0 fully saturated rings. The van der Waals surface area contributed by atoms with E-state index in [1.165, 1.54) is 11.3 Å². The van der Waals surface area contributed by atoms with Gasteiger partial charge in [-0.15, -0.1) is 17.9 Å². The smallest absolute Gasteiger partial charge is 0.0449 e. The van der Waals surface area contributed by atoms with Crippen molar-refractivity contribution < 1.29 is 0 Å². The predicted molar refractivity (Wildman–Crippen MR) is 60.2 cm³/mol. The molecule has 0 radical (unpaired) electrons. The van der Waals surface area contributed by atoms with Crippen LogP contribution in [-0.2, 0) is 0 Å². The van der Waals surface area contributed by atoms with Gasteiger partial charge in [0.05, 0.1) is 0 Å². The fraction of sp³-hybridized carbons (Fsp3) is 0.455. The Morgan fingerprint density at radius 3 is 3.08 bits per heavy atom. The number of rotatable bonds is 6. The summed E-state index contributed by atoms with van der Waals surface area (Å²) in [5.74, 6) is 0. The highest BCUT2D eigenvalue weighted by Gasteiger charge is 2.08. The molecule has 0 aliphatic heterocycles. The standard InChI is InChI=1S/C11H17NS/c1-3-6-10(12-8-4-2)11-7-5-9-13-11/h3,5,7,9-10,12H,1,4,6,8H2,2H3. The molecular weight excluding hydrogens is 178 g/mol. The molecule has 0 saturated heterocycles. The van der Waals surface area contributed by atoms with Crippen LogP contribution in [0.4, 0.5) is 0 Å². The molecule has 1 aromatic heterocycles. The molecule has 1 atom stereocenters. The molecule has 0 amide bonds. The van der Waals surface area contributed by atoms with Crippen LogP contribution in [0.2, 0.25) is 0 Å². The van der Waals surface area contributed by atoms with Gasteiger partial charge < -0.3 is 5.32 Å². The largest absolute Gasteiger partial charge is 0.309 e. The normalized spacial score (nSPS) is 12.7. The maximum absolute atomic E-state index is 3.78. The average Bonchev–Trinajstić information content (AvgIpc) is 2.65. The van der Waals surface area contributed by atoms with Crippen LogP contribution in [0.1, 0.15) is 30.7 Å². The van der Waals surface area contributed by atoms with Crippen molar-refractivity contribution in [3.63, 3.8) is 0 Å². The van der Waals surface area contributed by atoms with Gasteiger partial charge in [0, 0.05) is 10.9 Å². The van der Waals surface area contributed by atoms with Crippen molar-refractivity contribution in [2.45, 2.75) is 25.8 Å². The molecule has 0 aromatic carbocycles. The van der Waals surface area contributed by atoms with Gasteiger partial charge in [0.15, 0.2) is 0 Å². The van der Waals surface area contributed by atoms with Crippen LogP contribution in [0.3, 0.4) is 0 Å². The summed E-state index contributed by atoms with van der Waals surface area (Å²) in [6.07, 6.45) is 4.17. The molecule has 0 saturated carbocycles. The summed E-state index contributed by atoms with van der Waals surface area (Å²) in [5, 5.41) is 5.64. The maximum atomic E-state index is 3.78. The van der Waals surface area contributed by atoms with Crippen LogP contribution in [-0.4, -0.2) is 6.54 Å². The zero-order chi connectivity index (χ0) is 9.52. The minimum atomic E-state index is 0.470. The molecule has 0 spiro atoms. The van der Waals surface area contributed by atoms with Gasteiger partial charge in [-0.2, -0.15) is 0 Å². The van der Waals surface area contributed by atoms with Crippen LogP contribution in [0, 0.1) is 0 Å². The lowest BCUT2D eigenvalue weighted by Crippen LogP contribution is -2.20. The Hall–Kier alpha value is -0.600. The van der Waals surface area contributed by atoms with Crippen molar-refractivity contribution in [3.05, 3.63) is 35.0 Å². The summed E-state index contributed by atoms with van der Waals surface area (Å²) in [7, 11) is 0. The first-order chi connectivity index (χ1) is 6.38. The summed E-state index contributed by atoms with van der Waals surface area (Å²) in [6, 6.07) is 4.75. The number of nitrogens with one attached hydrogen (secondary N) is 1. The molecule has 2 heteroatoms. The van der Waals surface area contributed by atoms with E-state index in [1.807, 2.05) is 17.4 Å². The Kier molecular flexibility index (Phi) is 4.79. The van der Waals surface area contributed by atoms with Crippen molar-refractivity contribution in [1.82, 2.24) is 5.32 Å². The highest BCUT2D eigenvalue weighted by molar-refractivity contribution is 7.10. The third-order valence-electron chi connectivity index (χ3n) is 1.93. The van der Waals surface area contributed by atoms with Crippen LogP contribution in [0.5, 0.6) is 0 Å². The molecule has 0 aliphatic carbocycles. The highest BCUT2D eigenvalue weighted by atomic mass is 32.1. The van der Waals surface area contributed by atoms with Crippen LogP contribution < -0.4 is 5.32 Å². The molecule has 0 aliphatic rings. The zero-order valence-electron chi connectivity index (χ0n) is 8.12. The second kappa shape index (κ2) is 5.95. The van der Waals surface area contributed by atoms with Crippen molar-refractivity contribution in [3.8, 4) is 0 Å². The first kappa shape index (κ1) is 10.5. The lowest BCUT2D eigenvalue weighted by molar-refractivity contribution is 0.544. The van der Waals surface area contributed by atoms with E-state index in [0.29, 0.717) is 6.04 Å². The third-order valence-corrected chi connectivity index (χ3v) is 2.92. The van der Waals surface area contributed by atoms with Gasteiger partial charge in [0.25, 0.3) is 0 Å². The minimum Gasteiger partial charge on any atom is -0.309 e. The van der Waals surface area contributed by atoms with Crippen LogP contribution in [0.25, 0.3) is 0 Å². The van der Waals surface area contributed by atoms with E-state index in [1.54, 1.807) is 0 Å². The van der Waals surface area contributed by atoms with Crippen molar-refractivity contribution in [2.24, 2.45) is 0 Å². The van der Waals surface area contributed by atoms with Crippen LogP contribution >= 0.6 is 11.3 Å². The van der Waals surface area contributed by atoms with Gasteiger partial charge in [-0.1, -0.05) is 19.1 Å². The molecular formula is C11H17NS. The van der Waals surface area contributed by atoms with Crippen molar-refractivity contribution in [2.75, 3.05) is 6.54 Å². The lowest BCUT2D eigenvalue weighted by atomic mass is 10.1. The topological polar surface area (TPSA) is 12.0 Å². The van der Waals surface area contributed by atoms with E-state index in [-0.39, 0.29) is 0 Å². The Bertz CT molecular complexity index is 228. The monoisotopic (exact) mass is 195 g/mol. The van der Waals surface area contributed by atoms with Gasteiger partial charge in [-0.25, -0.2) is 0 Å². The Balaban J connectivity index is 2.51. The average molecular weight is 195 g/mol. The summed E-state index contributed by atoms with van der Waals surface area (Å²) in [5.41, 5.74) is 0. The molecule has 72 valence electrons. The molecule has 1 unspecified atom stereocenters. The first-order valence-corrected chi connectivity index (χ1v) is 5.64. The summed E-state index contributed by atoms with van der Waals surface area (Å²) < 4.78 is 0. The van der Waals surface area contributed by atoms with Gasteiger partial charge in [-0.3, -0.25) is 0 Å². The Labute approximate surface area is 84.5 Å². The quantitative estimate of drug-likeness (QED) is 0.686. The van der Waals surface area contributed by atoms with Gasteiger partial charge >= 0.3 is 0 Å². The second-order valence-corrected chi connectivity index (χ2v) is 4.03. The fourth-order valence-electron chi connectivity index (χ4n) is 1.27. The Morgan fingerprint density at radius 2 is 2.54 bits per heavy atom. The second-order valence-electron chi connectivity index (χ2n) is 3.05. The number of hydrogen-bond donors (Lipinski definition) is 1. The first-order valence-electron chi connectivity index (χ1n) is 4.76. The minimum absolute atomic E-state index is 0.470. The van der Waals surface area contributed by atoms with E-state index in [2.05, 4.69) is 36.3 Å². The molecule has 1 rings (SSSR count). The van der Waals surface area contributed by atoms with Gasteiger partial charge in [0.2, 0.25) is 0 Å². The summed E-state index contributed by atoms with van der Waals surface area (Å²) in [6.45, 7) is 7.05. The van der Waals surface area contributed by atoms with Crippen LogP contribution in [0.15, 0.2) is 30.2 Å². The molecule has 1 N–H and O–H groups in total. The van der Waals surface area contributed by atoms with E-state index in [9.17, 15) is 0 Å². The number of hydrogen-bond acceptors (Lipinski definition) is 2. The van der Waals surface area contributed by atoms with Crippen molar-refractivity contribution in [1.29, 1.82) is 0 Å². The highest BCUT2D eigenvalue weighted by Crippen LogP contribution is 2.21. The Morgan fingerprint density at radius 1 is 1.69 bits per heavy atom. The van der Waals surface area contributed by atoms with Gasteiger partial charge in [0.1, 0.15) is 0 Å². The van der Waals surface area contributed by atoms with Gasteiger partial charge in [-0.05, 0) is 30.8 Å². The lowest BCUT2D eigenvalue weighted by Gasteiger charge is -2.14. The predicted octanol–water partition coefficient (Wildman–Crippen LogP) is 3.36. The zero-order valence-corrected chi connectivity index (χ0v) is 8.94. The molecule has 1 aromatic rings. The maximum Gasteiger partial charge on any atom is 0.0449 e. The fourth-order valence-corrected chi connectivity index (χ4v) is 2.09. The molecule has 0 bridgehead atoms. The number of thiophene rings is 1. The van der Waals surface area contributed by atoms with E-state index < -0.39 is 0 Å². The summed E-state index contributed by atoms with van der Waals surface area (Å²) >= 11 is 1.81. The third kappa shape index (κ3) is 3.33. The van der Waals surface area contributed by atoms with E-state index in [4.69, 9.17) is 0 Å². The summed E-state index contributed by atoms with van der Waals surface area (Å²) in [4.78, 5) is 1.41. The molecule has 1 heterocycles. The van der Waals surface area contributed by atoms with E-state index in [0.717, 1.165) is 13.0 Å². The molecule has 1 nitrogen and oxygen atoms in total. The molecule has 13 heavy (non-hydrogen) atoms. The van der Waals surface area contributed by atoms with E-state index >= 15 is 0 Å².